The van der Waals surface area contributed by atoms with Gasteiger partial charge in [0.15, 0.2) is 5.75 Å². The van der Waals surface area contributed by atoms with Gasteiger partial charge in [0, 0.05) is 13.6 Å². The monoisotopic (exact) mass is 169 g/mol. The second-order valence-corrected chi connectivity index (χ2v) is 2.73. The fraction of sp³-hybridized carbons (Fsp3) is 0.625. The smallest absolute Gasteiger partial charge is 0.157 e. The molecule has 1 heterocycles. The van der Waals surface area contributed by atoms with Crippen LogP contribution in [-0.4, -0.2) is 22.4 Å². The highest BCUT2D eigenvalue weighted by atomic mass is 16.5. The topological polar surface area (TPSA) is 53.1 Å². The molecular formula is C8H15N3O. The maximum atomic E-state index is 5.53. The molecule has 0 aliphatic rings. The van der Waals surface area contributed by atoms with Gasteiger partial charge < -0.3 is 10.5 Å². The molecule has 1 aromatic rings. The number of rotatable bonds is 4. The molecule has 0 aliphatic carbocycles. The van der Waals surface area contributed by atoms with Gasteiger partial charge in [0.05, 0.1) is 12.4 Å². The van der Waals surface area contributed by atoms with Gasteiger partial charge in [-0.05, 0) is 6.42 Å². The fourth-order valence-corrected chi connectivity index (χ4v) is 0.950. The van der Waals surface area contributed by atoms with Gasteiger partial charge in [0.1, 0.15) is 6.10 Å². The lowest BCUT2D eigenvalue weighted by molar-refractivity contribution is 0.205. The summed E-state index contributed by atoms with van der Waals surface area (Å²) in [4.78, 5) is 0. The molecule has 0 bridgehead atoms. The third-order valence-electron chi connectivity index (χ3n) is 1.70. The molecule has 0 aromatic carbocycles. The van der Waals surface area contributed by atoms with Gasteiger partial charge in [-0.25, -0.2) is 0 Å². The number of hydrogen-bond donors (Lipinski definition) is 1. The molecule has 0 saturated carbocycles. The minimum atomic E-state index is 0.106. The molecule has 4 heteroatoms. The van der Waals surface area contributed by atoms with Crippen molar-refractivity contribution < 1.29 is 4.74 Å². The summed E-state index contributed by atoms with van der Waals surface area (Å²) in [6, 6.07) is 0. The zero-order chi connectivity index (χ0) is 8.97. The van der Waals surface area contributed by atoms with E-state index in [-0.39, 0.29) is 6.10 Å². The van der Waals surface area contributed by atoms with E-state index in [0.717, 1.165) is 12.2 Å². The zero-order valence-corrected chi connectivity index (χ0v) is 7.53. The van der Waals surface area contributed by atoms with Crippen LogP contribution in [0.5, 0.6) is 5.75 Å². The second kappa shape index (κ2) is 4.11. The molecule has 0 amide bonds. The average Bonchev–Trinajstić information content (AvgIpc) is 2.47. The molecule has 2 N–H and O–H groups in total. The maximum Gasteiger partial charge on any atom is 0.157 e. The number of aromatic nitrogens is 2. The number of nitrogens with two attached hydrogens (primary N) is 1. The molecule has 0 radical (unpaired) electrons. The van der Waals surface area contributed by atoms with Gasteiger partial charge in [-0.2, -0.15) is 5.10 Å². The molecule has 0 spiro atoms. The Morgan fingerprint density at radius 2 is 2.50 bits per heavy atom. The van der Waals surface area contributed by atoms with Crippen molar-refractivity contribution >= 4 is 0 Å². The first-order valence-electron chi connectivity index (χ1n) is 4.11. The highest BCUT2D eigenvalue weighted by molar-refractivity contribution is 5.11. The van der Waals surface area contributed by atoms with Gasteiger partial charge in [-0.1, -0.05) is 6.92 Å². The highest BCUT2D eigenvalue weighted by Gasteiger charge is 2.05. The van der Waals surface area contributed by atoms with Gasteiger partial charge in [0.25, 0.3) is 0 Å². The fourth-order valence-electron chi connectivity index (χ4n) is 0.950. The highest BCUT2D eigenvalue weighted by Crippen LogP contribution is 2.10. The molecule has 1 rings (SSSR count). The lowest BCUT2D eigenvalue weighted by Crippen LogP contribution is -2.25. The number of aryl methyl sites for hydroxylation is 1. The number of nitrogens with zero attached hydrogens (tertiary/aromatic N) is 2. The van der Waals surface area contributed by atoms with E-state index in [2.05, 4.69) is 5.10 Å². The van der Waals surface area contributed by atoms with Crippen molar-refractivity contribution in [3.8, 4) is 5.75 Å². The van der Waals surface area contributed by atoms with Crippen molar-refractivity contribution in [2.45, 2.75) is 19.4 Å². The Balaban J connectivity index is 2.50. The summed E-state index contributed by atoms with van der Waals surface area (Å²) in [7, 11) is 1.86. The molecule has 0 saturated heterocycles. The van der Waals surface area contributed by atoms with Crippen LogP contribution in [0.3, 0.4) is 0 Å². The predicted octanol–water partition coefficient (Wildman–Crippen LogP) is 0.536. The third-order valence-corrected chi connectivity index (χ3v) is 1.70. The van der Waals surface area contributed by atoms with Crippen molar-refractivity contribution in [3.05, 3.63) is 12.4 Å². The van der Waals surface area contributed by atoms with Crippen LogP contribution in [0.1, 0.15) is 13.3 Å². The lowest BCUT2D eigenvalue weighted by atomic mass is 10.3. The van der Waals surface area contributed by atoms with Crippen molar-refractivity contribution in [2.75, 3.05) is 6.54 Å². The van der Waals surface area contributed by atoms with Crippen LogP contribution < -0.4 is 10.5 Å². The molecule has 0 fully saturated rings. The Bertz CT molecular complexity index is 230. The maximum absolute atomic E-state index is 5.53. The summed E-state index contributed by atoms with van der Waals surface area (Å²) in [5.41, 5.74) is 5.49. The van der Waals surface area contributed by atoms with Crippen LogP contribution in [0.2, 0.25) is 0 Å². The van der Waals surface area contributed by atoms with Crippen LogP contribution >= 0.6 is 0 Å². The van der Waals surface area contributed by atoms with Crippen LogP contribution in [0, 0.1) is 0 Å². The minimum absolute atomic E-state index is 0.106. The summed E-state index contributed by atoms with van der Waals surface area (Å²) in [6.07, 6.45) is 4.55. The lowest BCUT2D eigenvalue weighted by Gasteiger charge is -2.12. The normalized spacial score (nSPS) is 12.9. The minimum Gasteiger partial charge on any atom is -0.486 e. The molecule has 4 nitrogen and oxygen atoms in total. The summed E-state index contributed by atoms with van der Waals surface area (Å²) in [5, 5.41) is 3.99. The molecule has 1 unspecified atom stereocenters. The molecule has 0 aliphatic heterocycles. The van der Waals surface area contributed by atoms with Crippen molar-refractivity contribution in [2.24, 2.45) is 12.8 Å². The van der Waals surface area contributed by atoms with Crippen molar-refractivity contribution in [1.82, 2.24) is 9.78 Å². The van der Waals surface area contributed by atoms with E-state index in [9.17, 15) is 0 Å². The Kier molecular flexibility index (Phi) is 3.10. The van der Waals surface area contributed by atoms with E-state index in [0.29, 0.717) is 6.54 Å². The van der Waals surface area contributed by atoms with E-state index < -0.39 is 0 Å². The van der Waals surface area contributed by atoms with Crippen molar-refractivity contribution in [1.29, 1.82) is 0 Å². The van der Waals surface area contributed by atoms with Crippen molar-refractivity contribution in [3.63, 3.8) is 0 Å². The van der Waals surface area contributed by atoms with Crippen LogP contribution in [0.25, 0.3) is 0 Å². The van der Waals surface area contributed by atoms with Crippen LogP contribution in [0.4, 0.5) is 0 Å². The summed E-state index contributed by atoms with van der Waals surface area (Å²) in [5.74, 6) is 0.787. The van der Waals surface area contributed by atoms with Gasteiger partial charge in [-0.15, -0.1) is 0 Å². The number of ether oxygens (including phenoxy) is 1. The van der Waals surface area contributed by atoms with E-state index in [1.807, 2.05) is 20.2 Å². The first kappa shape index (κ1) is 9.06. The molecule has 12 heavy (non-hydrogen) atoms. The standard InChI is InChI=1S/C8H15N3O/c1-3-7(4-9)12-8-5-10-11(2)6-8/h5-7H,3-4,9H2,1-2H3. The quantitative estimate of drug-likeness (QED) is 0.715. The summed E-state index contributed by atoms with van der Waals surface area (Å²) < 4.78 is 7.23. The summed E-state index contributed by atoms with van der Waals surface area (Å²) in [6.45, 7) is 2.60. The Morgan fingerprint density at radius 1 is 1.75 bits per heavy atom. The number of hydrogen-bond acceptors (Lipinski definition) is 3. The molecule has 68 valence electrons. The van der Waals surface area contributed by atoms with Crippen LogP contribution in [0.15, 0.2) is 12.4 Å². The average molecular weight is 169 g/mol. The molecule has 1 aromatic heterocycles. The SMILES string of the molecule is CCC(CN)Oc1cnn(C)c1. The molecular weight excluding hydrogens is 154 g/mol. The first-order chi connectivity index (χ1) is 5.76. The van der Waals surface area contributed by atoms with Gasteiger partial charge >= 0.3 is 0 Å². The van der Waals surface area contributed by atoms with Crippen LogP contribution in [-0.2, 0) is 7.05 Å². The zero-order valence-electron chi connectivity index (χ0n) is 7.53. The van der Waals surface area contributed by atoms with Gasteiger partial charge in [-0.3, -0.25) is 4.68 Å². The third kappa shape index (κ3) is 2.23. The second-order valence-electron chi connectivity index (χ2n) is 2.73. The molecule has 1 atom stereocenters. The Labute approximate surface area is 72.3 Å². The van der Waals surface area contributed by atoms with E-state index in [4.69, 9.17) is 10.5 Å². The van der Waals surface area contributed by atoms with E-state index in [1.54, 1.807) is 10.9 Å². The Hall–Kier alpha value is -1.03. The Morgan fingerprint density at radius 3 is 2.92 bits per heavy atom. The summed E-state index contributed by atoms with van der Waals surface area (Å²) >= 11 is 0. The predicted molar refractivity (Wildman–Crippen MR) is 47.0 cm³/mol. The van der Waals surface area contributed by atoms with Gasteiger partial charge in [0.2, 0.25) is 0 Å². The largest absolute Gasteiger partial charge is 0.486 e. The van der Waals surface area contributed by atoms with E-state index >= 15 is 0 Å². The van der Waals surface area contributed by atoms with E-state index in [1.165, 1.54) is 0 Å². The first-order valence-corrected chi connectivity index (χ1v) is 4.11.